The van der Waals surface area contributed by atoms with Crippen molar-refractivity contribution in [3.8, 4) is 0 Å². The number of carbonyl (C=O) groups is 3. The van der Waals surface area contributed by atoms with E-state index in [1.165, 1.54) is 6.42 Å². The van der Waals surface area contributed by atoms with Gasteiger partial charge in [0.05, 0.1) is 0 Å². The summed E-state index contributed by atoms with van der Waals surface area (Å²) in [6, 6.07) is -0.454. The molecule has 1 saturated heterocycles. The maximum absolute atomic E-state index is 12.6. The van der Waals surface area contributed by atoms with Crippen molar-refractivity contribution in [1.29, 1.82) is 0 Å². The first-order valence-electron chi connectivity index (χ1n) is 9.58. The zero-order valence-corrected chi connectivity index (χ0v) is 15.3. The number of esters is 1. The molecule has 1 N–H and O–H groups in total. The van der Waals surface area contributed by atoms with Gasteiger partial charge in [-0.3, -0.25) is 14.5 Å². The van der Waals surface area contributed by atoms with Crippen LogP contribution in [0.4, 0.5) is 4.79 Å². The fourth-order valence-electron chi connectivity index (χ4n) is 5.73. The summed E-state index contributed by atoms with van der Waals surface area (Å²) in [7, 11) is 0. The molecule has 5 aliphatic rings. The monoisotopic (exact) mass is 348 g/mol. The van der Waals surface area contributed by atoms with E-state index < -0.39 is 17.5 Å². The Labute approximate surface area is 148 Å². The molecule has 0 aromatic heterocycles. The van der Waals surface area contributed by atoms with Crippen LogP contribution in [0, 0.1) is 23.2 Å². The Hall–Kier alpha value is -1.59. The highest BCUT2D eigenvalue weighted by Gasteiger charge is 2.57. The molecule has 5 rings (SSSR count). The number of fused-ring (bicyclic) bond motifs is 2. The molecule has 0 aromatic carbocycles. The molecule has 1 aliphatic heterocycles. The van der Waals surface area contributed by atoms with Crippen molar-refractivity contribution >= 4 is 17.9 Å². The van der Waals surface area contributed by atoms with E-state index in [0.29, 0.717) is 36.0 Å². The smallest absolute Gasteiger partial charge is 0.326 e. The van der Waals surface area contributed by atoms with Crippen LogP contribution in [0.3, 0.4) is 0 Å². The highest BCUT2D eigenvalue weighted by atomic mass is 16.5. The van der Waals surface area contributed by atoms with Gasteiger partial charge < -0.3 is 10.1 Å². The molecule has 3 amide bonds. The zero-order chi connectivity index (χ0) is 18.0. The normalized spacial score (nSPS) is 37.8. The van der Waals surface area contributed by atoms with Gasteiger partial charge in [0, 0.05) is 0 Å². The van der Waals surface area contributed by atoms with Crippen molar-refractivity contribution in [3.63, 3.8) is 0 Å². The molecule has 25 heavy (non-hydrogen) atoms. The third kappa shape index (κ3) is 2.40. The number of hydrogen-bond donors (Lipinski definition) is 1. The zero-order valence-electron chi connectivity index (χ0n) is 15.3. The largest absolute Gasteiger partial charge is 0.461 e. The van der Waals surface area contributed by atoms with Crippen LogP contribution in [0.25, 0.3) is 0 Å². The minimum Gasteiger partial charge on any atom is -0.461 e. The predicted octanol–water partition coefficient (Wildman–Crippen LogP) is 2.46. The Balaban J connectivity index is 1.37. The molecule has 1 heterocycles. The molecule has 0 radical (unpaired) electrons. The summed E-state index contributed by atoms with van der Waals surface area (Å²) in [5.41, 5.74) is -0.427. The average Bonchev–Trinajstić information content (AvgIpc) is 3.10. The average molecular weight is 348 g/mol. The van der Waals surface area contributed by atoms with Gasteiger partial charge in [0.25, 0.3) is 5.91 Å². The molecular formula is C19H28N2O4. The van der Waals surface area contributed by atoms with Gasteiger partial charge in [0.1, 0.15) is 18.2 Å². The van der Waals surface area contributed by atoms with E-state index in [0.717, 1.165) is 24.2 Å². The molecule has 5 fully saturated rings. The summed E-state index contributed by atoms with van der Waals surface area (Å²) in [6.45, 7) is 6.48. The predicted molar refractivity (Wildman–Crippen MR) is 90.5 cm³/mol. The number of hydrogen-bond acceptors (Lipinski definition) is 4. The van der Waals surface area contributed by atoms with Crippen molar-refractivity contribution in [2.45, 2.75) is 70.9 Å². The van der Waals surface area contributed by atoms with Gasteiger partial charge >= 0.3 is 12.0 Å². The van der Waals surface area contributed by atoms with Gasteiger partial charge in [-0.25, -0.2) is 4.79 Å². The van der Waals surface area contributed by atoms with Crippen LogP contribution in [0.2, 0.25) is 0 Å². The molecule has 6 heteroatoms. The van der Waals surface area contributed by atoms with Crippen molar-refractivity contribution in [2.24, 2.45) is 23.2 Å². The standard InChI is InChI=1S/C19H28N2O4/c1-11-13-8-12(18(13,2)3)9-14(11)25-15(22)10-21-16(23)19(20-17(21)24)6-4-5-7-19/h11-14H,4-10H2,1-3H3,(H,20,24)/t11-,12-,13-,14-/m1/s1. The Morgan fingerprint density at radius 3 is 2.52 bits per heavy atom. The van der Waals surface area contributed by atoms with E-state index in [-0.39, 0.29) is 18.6 Å². The molecule has 138 valence electrons. The second-order valence-electron chi connectivity index (χ2n) is 9.09. The maximum Gasteiger partial charge on any atom is 0.326 e. The maximum atomic E-state index is 12.6. The van der Waals surface area contributed by atoms with E-state index in [1.54, 1.807) is 0 Å². The summed E-state index contributed by atoms with van der Waals surface area (Å²) < 4.78 is 5.69. The lowest BCUT2D eigenvalue weighted by Gasteiger charge is -2.61. The van der Waals surface area contributed by atoms with Crippen LogP contribution in [0.5, 0.6) is 0 Å². The number of nitrogens with one attached hydrogen (secondary N) is 1. The van der Waals surface area contributed by atoms with Gasteiger partial charge in [-0.05, 0) is 48.9 Å². The molecule has 4 aliphatic carbocycles. The summed E-state index contributed by atoms with van der Waals surface area (Å²) in [5, 5.41) is 2.80. The van der Waals surface area contributed by atoms with Crippen LogP contribution in [0.1, 0.15) is 59.3 Å². The van der Waals surface area contributed by atoms with Gasteiger partial charge in [-0.2, -0.15) is 0 Å². The van der Waals surface area contributed by atoms with E-state index in [9.17, 15) is 14.4 Å². The number of imide groups is 1. The summed E-state index contributed by atoms with van der Waals surface area (Å²) in [6.07, 6.45) is 5.22. The van der Waals surface area contributed by atoms with Crippen molar-refractivity contribution < 1.29 is 19.1 Å². The summed E-state index contributed by atoms with van der Waals surface area (Å²) in [5.74, 6) is 0.794. The SMILES string of the molecule is C[C@@H]1[C@H]2C[C@H](C[C@H]1OC(=O)CN1C(=O)NC3(CCCC3)C1=O)C2(C)C. The number of urea groups is 1. The Kier molecular flexibility index (Phi) is 3.68. The topological polar surface area (TPSA) is 75.7 Å². The third-order valence-electron chi connectivity index (χ3n) is 7.56. The first-order valence-corrected chi connectivity index (χ1v) is 9.58. The van der Waals surface area contributed by atoms with Crippen LogP contribution < -0.4 is 5.32 Å². The molecule has 4 atom stereocenters. The van der Waals surface area contributed by atoms with Crippen molar-refractivity contribution in [2.75, 3.05) is 6.54 Å². The second-order valence-corrected chi connectivity index (χ2v) is 9.09. The first-order chi connectivity index (χ1) is 11.7. The molecule has 2 bridgehead atoms. The molecular weight excluding hydrogens is 320 g/mol. The molecule has 0 unspecified atom stereocenters. The Bertz CT molecular complexity index is 623. The van der Waals surface area contributed by atoms with Crippen LogP contribution in [-0.4, -0.2) is 41.0 Å². The molecule has 4 saturated carbocycles. The highest BCUT2D eigenvalue weighted by Crippen LogP contribution is 2.61. The number of ether oxygens (including phenoxy) is 1. The summed E-state index contributed by atoms with van der Waals surface area (Å²) >= 11 is 0. The van der Waals surface area contributed by atoms with E-state index in [1.807, 2.05) is 0 Å². The lowest BCUT2D eigenvalue weighted by atomic mass is 9.45. The van der Waals surface area contributed by atoms with Gasteiger partial charge in [-0.1, -0.05) is 33.6 Å². The minimum absolute atomic E-state index is 0.0921. The van der Waals surface area contributed by atoms with E-state index in [4.69, 9.17) is 4.74 Å². The van der Waals surface area contributed by atoms with Gasteiger partial charge in [-0.15, -0.1) is 0 Å². The van der Waals surface area contributed by atoms with E-state index in [2.05, 4.69) is 26.1 Å². The lowest BCUT2D eigenvalue weighted by molar-refractivity contribution is -0.186. The fraction of sp³-hybridized carbons (Fsp3) is 0.842. The van der Waals surface area contributed by atoms with Gasteiger partial charge in [0.2, 0.25) is 0 Å². The quantitative estimate of drug-likeness (QED) is 0.628. The first kappa shape index (κ1) is 16.9. The van der Waals surface area contributed by atoms with Crippen LogP contribution in [0.15, 0.2) is 0 Å². The Morgan fingerprint density at radius 1 is 1.24 bits per heavy atom. The lowest BCUT2D eigenvalue weighted by Crippen LogP contribution is -2.57. The number of amides is 3. The molecule has 6 nitrogen and oxygen atoms in total. The number of nitrogens with zero attached hydrogens (tertiary/aromatic N) is 1. The second kappa shape index (κ2) is 5.45. The van der Waals surface area contributed by atoms with Crippen LogP contribution in [-0.2, 0) is 14.3 Å². The molecule has 0 aromatic rings. The summed E-state index contributed by atoms with van der Waals surface area (Å²) in [4.78, 5) is 38.2. The van der Waals surface area contributed by atoms with Crippen molar-refractivity contribution in [3.05, 3.63) is 0 Å². The number of carbonyl (C=O) groups excluding carboxylic acids is 3. The van der Waals surface area contributed by atoms with Gasteiger partial charge in [0.15, 0.2) is 0 Å². The number of rotatable bonds is 3. The van der Waals surface area contributed by atoms with Crippen LogP contribution >= 0.6 is 0 Å². The molecule has 1 spiro atoms. The fourth-order valence-corrected chi connectivity index (χ4v) is 5.73. The third-order valence-corrected chi connectivity index (χ3v) is 7.56. The highest BCUT2D eigenvalue weighted by molar-refractivity contribution is 6.08. The van der Waals surface area contributed by atoms with Crippen molar-refractivity contribution in [1.82, 2.24) is 10.2 Å². The minimum atomic E-state index is -0.763. The van der Waals surface area contributed by atoms with E-state index >= 15 is 0 Å². The Morgan fingerprint density at radius 2 is 1.92 bits per heavy atom.